The van der Waals surface area contributed by atoms with E-state index in [2.05, 4.69) is 9.97 Å². The van der Waals surface area contributed by atoms with E-state index >= 15 is 0 Å². The number of nitrogen functional groups attached to an aromatic ring is 1. The van der Waals surface area contributed by atoms with Crippen LogP contribution in [-0.2, 0) is 11.2 Å². The molecule has 0 aliphatic rings. The number of nitrogens with two attached hydrogens (primary N) is 1. The summed E-state index contributed by atoms with van der Waals surface area (Å²) >= 11 is 6.81. The van der Waals surface area contributed by atoms with Gasteiger partial charge < -0.3 is 11.1 Å². The molecule has 0 aliphatic heterocycles. The highest BCUT2D eigenvalue weighted by atomic mass is 35.5. The van der Waals surface area contributed by atoms with E-state index in [1.807, 2.05) is 6.92 Å². The highest BCUT2D eigenvalue weighted by Crippen LogP contribution is 2.31. The standard InChI is InChI=1S/C16H16ClF3N4OS/c1-2-11-13(9-3-5-10(17)6-4-9)14(21)24-15(23-11)26-7-12(25)22-8-16(18,19)20/h3-6H,2,7-8H2,1H3,(H,22,25)(H2,21,23,24). The second-order valence-electron chi connectivity index (χ2n) is 5.25. The van der Waals surface area contributed by atoms with E-state index in [1.165, 1.54) is 0 Å². The number of alkyl halides is 3. The van der Waals surface area contributed by atoms with Gasteiger partial charge in [-0.1, -0.05) is 42.4 Å². The highest BCUT2D eigenvalue weighted by Gasteiger charge is 2.27. The molecule has 0 atom stereocenters. The summed E-state index contributed by atoms with van der Waals surface area (Å²) in [5.74, 6) is -0.759. The van der Waals surface area contributed by atoms with Gasteiger partial charge in [-0.3, -0.25) is 4.79 Å². The van der Waals surface area contributed by atoms with Gasteiger partial charge in [-0.25, -0.2) is 9.97 Å². The Kier molecular flexibility index (Phi) is 6.71. The lowest BCUT2D eigenvalue weighted by Crippen LogP contribution is -2.34. The van der Waals surface area contributed by atoms with Crippen LogP contribution in [0.5, 0.6) is 0 Å². The number of nitrogens with one attached hydrogen (secondary N) is 1. The number of amides is 1. The monoisotopic (exact) mass is 404 g/mol. The zero-order chi connectivity index (χ0) is 19.3. The summed E-state index contributed by atoms with van der Waals surface area (Å²) in [5.41, 5.74) is 8.21. The van der Waals surface area contributed by atoms with Crippen LogP contribution in [0.25, 0.3) is 11.1 Å². The number of carbonyl (C=O) groups excluding carboxylic acids is 1. The minimum absolute atomic E-state index is 0.234. The summed E-state index contributed by atoms with van der Waals surface area (Å²) in [6.07, 6.45) is -3.88. The second kappa shape index (κ2) is 8.59. The van der Waals surface area contributed by atoms with Crippen molar-refractivity contribution in [3.8, 4) is 11.1 Å². The summed E-state index contributed by atoms with van der Waals surface area (Å²) in [7, 11) is 0. The van der Waals surface area contributed by atoms with E-state index in [-0.39, 0.29) is 16.7 Å². The van der Waals surface area contributed by atoms with Gasteiger partial charge in [0, 0.05) is 10.6 Å². The quantitative estimate of drug-likeness (QED) is 0.566. The number of benzene rings is 1. The summed E-state index contributed by atoms with van der Waals surface area (Å²) in [6, 6.07) is 7.05. The first kappa shape index (κ1) is 20.3. The van der Waals surface area contributed by atoms with Crippen molar-refractivity contribution in [3.63, 3.8) is 0 Å². The smallest absolute Gasteiger partial charge is 0.383 e. The molecule has 2 aromatic rings. The first-order chi connectivity index (χ1) is 12.2. The van der Waals surface area contributed by atoms with Gasteiger partial charge >= 0.3 is 6.18 Å². The molecule has 26 heavy (non-hydrogen) atoms. The zero-order valence-corrected chi connectivity index (χ0v) is 15.3. The number of rotatable bonds is 6. The third-order valence-electron chi connectivity index (χ3n) is 3.28. The molecule has 1 amide bonds. The zero-order valence-electron chi connectivity index (χ0n) is 13.7. The van der Waals surface area contributed by atoms with Crippen molar-refractivity contribution < 1.29 is 18.0 Å². The minimum atomic E-state index is -4.45. The average molecular weight is 405 g/mol. The Bertz CT molecular complexity index is 784. The van der Waals surface area contributed by atoms with Crippen LogP contribution in [0, 0.1) is 0 Å². The van der Waals surface area contributed by atoms with Crippen LogP contribution in [-0.4, -0.2) is 34.3 Å². The predicted octanol–water partition coefficient (Wildman–Crippen LogP) is 3.71. The molecule has 1 heterocycles. The number of aryl methyl sites for hydroxylation is 1. The molecule has 0 spiro atoms. The lowest BCUT2D eigenvalue weighted by molar-refractivity contribution is -0.136. The number of thioether (sulfide) groups is 1. The van der Waals surface area contributed by atoms with E-state index in [0.717, 1.165) is 17.3 Å². The van der Waals surface area contributed by atoms with Gasteiger partial charge in [-0.05, 0) is 24.1 Å². The van der Waals surface area contributed by atoms with Crippen molar-refractivity contribution in [1.29, 1.82) is 0 Å². The molecule has 0 radical (unpaired) electrons. The van der Waals surface area contributed by atoms with Gasteiger partial charge in [0.25, 0.3) is 0 Å². The average Bonchev–Trinajstić information content (AvgIpc) is 2.58. The molecular weight excluding hydrogens is 389 g/mol. The Hall–Kier alpha value is -2.00. The van der Waals surface area contributed by atoms with Gasteiger partial charge in [0.05, 0.1) is 11.4 Å². The van der Waals surface area contributed by atoms with Crippen molar-refractivity contribution in [3.05, 3.63) is 35.0 Å². The molecule has 140 valence electrons. The van der Waals surface area contributed by atoms with Crippen molar-refractivity contribution in [2.24, 2.45) is 0 Å². The fraction of sp³-hybridized carbons (Fsp3) is 0.312. The number of nitrogens with zero attached hydrogens (tertiary/aromatic N) is 2. The Morgan fingerprint density at radius 1 is 1.27 bits per heavy atom. The fourth-order valence-corrected chi connectivity index (χ4v) is 2.96. The van der Waals surface area contributed by atoms with Gasteiger partial charge in [-0.15, -0.1) is 0 Å². The molecule has 10 heteroatoms. The number of anilines is 1. The minimum Gasteiger partial charge on any atom is -0.383 e. The van der Waals surface area contributed by atoms with Gasteiger partial charge in [-0.2, -0.15) is 13.2 Å². The molecule has 0 unspecified atom stereocenters. The normalized spacial score (nSPS) is 11.4. The Balaban J connectivity index is 2.13. The Morgan fingerprint density at radius 2 is 1.92 bits per heavy atom. The Morgan fingerprint density at radius 3 is 2.50 bits per heavy atom. The van der Waals surface area contributed by atoms with E-state index in [4.69, 9.17) is 17.3 Å². The van der Waals surface area contributed by atoms with E-state index in [9.17, 15) is 18.0 Å². The summed E-state index contributed by atoms with van der Waals surface area (Å²) < 4.78 is 36.3. The molecule has 3 N–H and O–H groups in total. The van der Waals surface area contributed by atoms with E-state index in [1.54, 1.807) is 29.6 Å². The summed E-state index contributed by atoms with van der Waals surface area (Å²) in [5, 5.41) is 2.62. The predicted molar refractivity (Wildman–Crippen MR) is 96.1 cm³/mol. The molecular formula is C16H16ClF3N4OS. The summed E-state index contributed by atoms with van der Waals surface area (Å²) in [4.78, 5) is 20.0. The molecule has 1 aromatic heterocycles. The maximum Gasteiger partial charge on any atom is 0.405 e. The van der Waals surface area contributed by atoms with Crippen LogP contribution in [0.15, 0.2) is 29.4 Å². The number of aromatic nitrogens is 2. The molecule has 0 saturated heterocycles. The van der Waals surface area contributed by atoms with E-state index in [0.29, 0.717) is 22.7 Å². The third kappa shape index (κ3) is 5.77. The molecule has 1 aromatic carbocycles. The van der Waals surface area contributed by atoms with Crippen molar-refractivity contribution in [2.75, 3.05) is 18.0 Å². The van der Waals surface area contributed by atoms with Crippen molar-refractivity contribution in [1.82, 2.24) is 15.3 Å². The molecule has 0 aliphatic carbocycles. The second-order valence-corrected chi connectivity index (χ2v) is 6.63. The van der Waals surface area contributed by atoms with Crippen LogP contribution in [0.1, 0.15) is 12.6 Å². The summed E-state index contributed by atoms with van der Waals surface area (Å²) in [6.45, 7) is 0.525. The largest absolute Gasteiger partial charge is 0.405 e. The maximum absolute atomic E-state index is 12.1. The van der Waals surface area contributed by atoms with Crippen LogP contribution >= 0.6 is 23.4 Å². The first-order valence-electron chi connectivity index (χ1n) is 7.58. The van der Waals surface area contributed by atoms with Crippen LogP contribution < -0.4 is 11.1 Å². The molecule has 0 fully saturated rings. The first-order valence-corrected chi connectivity index (χ1v) is 8.94. The van der Waals surface area contributed by atoms with E-state index < -0.39 is 18.6 Å². The topological polar surface area (TPSA) is 80.9 Å². The van der Waals surface area contributed by atoms with Gasteiger partial charge in [0.2, 0.25) is 5.91 Å². The molecule has 2 rings (SSSR count). The van der Waals surface area contributed by atoms with Crippen molar-refractivity contribution in [2.45, 2.75) is 24.7 Å². The number of carbonyl (C=O) groups is 1. The highest BCUT2D eigenvalue weighted by molar-refractivity contribution is 7.99. The van der Waals surface area contributed by atoms with Gasteiger partial charge in [0.1, 0.15) is 12.4 Å². The lowest BCUT2D eigenvalue weighted by Gasteiger charge is -2.12. The van der Waals surface area contributed by atoms with Crippen LogP contribution in [0.4, 0.5) is 19.0 Å². The van der Waals surface area contributed by atoms with Crippen LogP contribution in [0.3, 0.4) is 0 Å². The number of hydrogen-bond donors (Lipinski definition) is 2. The molecule has 0 bridgehead atoms. The third-order valence-corrected chi connectivity index (χ3v) is 4.38. The van der Waals surface area contributed by atoms with Gasteiger partial charge in [0.15, 0.2) is 5.16 Å². The SMILES string of the molecule is CCc1nc(SCC(=O)NCC(F)(F)F)nc(N)c1-c1ccc(Cl)cc1. The molecule has 0 saturated carbocycles. The Labute approximate surface area is 157 Å². The van der Waals surface area contributed by atoms with Crippen LogP contribution in [0.2, 0.25) is 5.02 Å². The number of halogens is 4. The fourth-order valence-electron chi connectivity index (χ4n) is 2.13. The van der Waals surface area contributed by atoms with Crippen molar-refractivity contribution >= 4 is 35.1 Å². The molecule has 5 nitrogen and oxygen atoms in total. The number of hydrogen-bond acceptors (Lipinski definition) is 5. The maximum atomic E-state index is 12.1. The lowest BCUT2D eigenvalue weighted by atomic mass is 10.0.